The van der Waals surface area contributed by atoms with Crippen LogP contribution in [0, 0.1) is 17.4 Å². The maximum absolute atomic E-state index is 11.7. The summed E-state index contributed by atoms with van der Waals surface area (Å²) in [6.45, 7) is 11.8. The number of ether oxygens (including phenoxy) is 3. The summed E-state index contributed by atoms with van der Waals surface area (Å²) in [4.78, 5) is 11.7. The van der Waals surface area contributed by atoms with E-state index in [0.717, 1.165) is 0 Å². The fraction of sp³-hybridized carbons (Fsp3) is 0.556. The normalized spacial score (nSPS) is 10.1. The molecule has 0 spiro atoms. The van der Waals surface area contributed by atoms with Crippen molar-refractivity contribution in [1.82, 2.24) is 0 Å². The fourth-order valence-electron chi connectivity index (χ4n) is 1.35. The maximum Gasteiger partial charge on any atom is 0.311 e. The Bertz CT molecular complexity index is 440. The minimum Gasteiger partial charge on any atom is -0.554 e. The number of rotatable bonds is 4. The SMILES string of the molecule is COc1c[c-]cc(OC)c1COC(=O)C(C)(C)C.C[C-](C)C.[Y]. The molecule has 1 aromatic carbocycles. The summed E-state index contributed by atoms with van der Waals surface area (Å²) >= 11 is 0. The number of carbonyl (C=O) groups is 1. The van der Waals surface area contributed by atoms with E-state index in [-0.39, 0.29) is 45.3 Å². The molecule has 1 radical (unpaired) electrons. The van der Waals surface area contributed by atoms with Crippen molar-refractivity contribution in [2.45, 2.75) is 48.1 Å². The smallest absolute Gasteiger partial charge is 0.311 e. The predicted molar refractivity (Wildman–Crippen MR) is 87.9 cm³/mol. The molecule has 5 heteroatoms. The summed E-state index contributed by atoms with van der Waals surface area (Å²) in [5.74, 6) is 2.34. The summed E-state index contributed by atoms with van der Waals surface area (Å²) in [5, 5.41) is 0. The Morgan fingerprint density at radius 3 is 1.78 bits per heavy atom. The first-order valence-corrected chi connectivity index (χ1v) is 7.18. The van der Waals surface area contributed by atoms with Crippen LogP contribution in [0.1, 0.15) is 47.1 Å². The van der Waals surface area contributed by atoms with Crippen molar-refractivity contribution in [3.63, 3.8) is 0 Å². The van der Waals surface area contributed by atoms with Gasteiger partial charge in [-0.2, -0.15) is 26.8 Å². The molecule has 0 aromatic heterocycles. The number of esters is 1. The van der Waals surface area contributed by atoms with Gasteiger partial charge in [-0.3, -0.25) is 4.79 Å². The summed E-state index contributed by atoms with van der Waals surface area (Å²) in [5.41, 5.74) is 0.179. The molecule has 4 nitrogen and oxygen atoms in total. The van der Waals surface area contributed by atoms with E-state index in [9.17, 15) is 4.79 Å². The van der Waals surface area contributed by atoms with Crippen LogP contribution in [-0.4, -0.2) is 20.2 Å². The molecule has 0 saturated carbocycles. The molecular formula is C18H28O4Y-2. The zero-order valence-corrected chi connectivity index (χ0v) is 18.4. The molecule has 0 bridgehead atoms. The van der Waals surface area contributed by atoms with Gasteiger partial charge in [-0.25, -0.2) is 0 Å². The van der Waals surface area contributed by atoms with Crippen LogP contribution in [0.25, 0.3) is 0 Å². The maximum atomic E-state index is 11.7. The number of benzene rings is 1. The Hall–Kier alpha value is -0.606. The van der Waals surface area contributed by atoms with Gasteiger partial charge in [-0.15, -0.1) is 12.1 Å². The van der Waals surface area contributed by atoms with E-state index in [1.807, 2.05) is 20.8 Å². The molecule has 1 aromatic rings. The number of methoxy groups -OCH3 is 2. The van der Waals surface area contributed by atoms with Crippen molar-refractivity contribution in [3.8, 4) is 11.5 Å². The summed E-state index contributed by atoms with van der Waals surface area (Å²) < 4.78 is 15.7. The molecule has 23 heavy (non-hydrogen) atoms. The van der Waals surface area contributed by atoms with Crippen LogP contribution in [0.4, 0.5) is 0 Å². The molecule has 0 fully saturated rings. The average Bonchev–Trinajstić information content (AvgIpc) is 2.42. The van der Waals surface area contributed by atoms with Gasteiger partial charge in [0, 0.05) is 44.2 Å². The van der Waals surface area contributed by atoms with Gasteiger partial charge in [0.1, 0.15) is 6.61 Å². The molecule has 129 valence electrons. The third kappa shape index (κ3) is 9.98. The molecule has 1 rings (SSSR count). The summed E-state index contributed by atoms with van der Waals surface area (Å²) in [7, 11) is 3.11. The number of hydrogen-bond donors (Lipinski definition) is 0. The second kappa shape index (κ2) is 11.9. The predicted octanol–water partition coefficient (Wildman–Crippen LogP) is 4.21. The van der Waals surface area contributed by atoms with Gasteiger partial charge in [0.05, 0.1) is 19.6 Å². The van der Waals surface area contributed by atoms with Gasteiger partial charge in [0.2, 0.25) is 0 Å². The van der Waals surface area contributed by atoms with E-state index < -0.39 is 5.41 Å². The molecule has 0 aliphatic heterocycles. The van der Waals surface area contributed by atoms with Crippen molar-refractivity contribution >= 4 is 5.97 Å². The number of carbonyl (C=O) groups excluding carboxylic acids is 1. The van der Waals surface area contributed by atoms with Gasteiger partial charge in [-0.05, 0) is 26.3 Å². The fourth-order valence-corrected chi connectivity index (χ4v) is 1.35. The third-order valence-electron chi connectivity index (χ3n) is 2.42. The quantitative estimate of drug-likeness (QED) is 0.564. The monoisotopic (exact) mass is 397 g/mol. The first-order valence-electron chi connectivity index (χ1n) is 7.18. The Morgan fingerprint density at radius 1 is 1.09 bits per heavy atom. The molecule has 0 amide bonds. The first kappa shape index (κ1) is 24.6. The molecule has 0 saturated heterocycles. The van der Waals surface area contributed by atoms with Crippen LogP contribution in [0.5, 0.6) is 11.5 Å². The van der Waals surface area contributed by atoms with Gasteiger partial charge in [0.25, 0.3) is 0 Å². The molecule has 0 aliphatic rings. The Kier molecular flexibility index (Phi) is 12.7. The van der Waals surface area contributed by atoms with Crippen LogP contribution in [0.15, 0.2) is 12.1 Å². The molecule has 0 heterocycles. The van der Waals surface area contributed by atoms with Gasteiger partial charge < -0.3 is 20.1 Å². The van der Waals surface area contributed by atoms with Gasteiger partial charge in [0.15, 0.2) is 0 Å². The zero-order valence-electron chi connectivity index (χ0n) is 15.6. The number of hydrogen-bond acceptors (Lipinski definition) is 4. The zero-order chi connectivity index (χ0) is 17.3. The third-order valence-corrected chi connectivity index (χ3v) is 2.42. The summed E-state index contributed by atoms with van der Waals surface area (Å²) in [6.07, 6.45) is 0. The van der Waals surface area contributed by atoms with Crippen LogP contribution >= 0.6 is 0 Å². The minimum atomic E-state index is -0.526. The Labute approximate surface area is 166 Å². The Morgan fingerprint density at radius 2 is 1.48 bits per heavy atom. The topological polar surface area (TPSA) is 44.8 Å². The average molecular weight is 397 g/mol. The van der Waals surface area contributed by atoms with Crippen molar-refractivity contribution in [2.75, 3.05) is 14.2 Å². The van der Waals surface area contributed by atoms with Crippen molar-refractivity contribution in [2.24, 2.45) is 5.41 Å². The van der Waals surface area contributed by atoms with Crippen LogP contribution in [-0.2, 0) is 48.8 Å². The van der Waals surface area contributed by atoms with E-state index in [4.69, 9.17) is 14.2 Å². The van der Waals surface area contributed by atoms with Crippen LogP contribution in [0.3, 0.4) is 0 Å². The molecule has 0 aliphatic carbocycles. The van der Waals surface area contributed by atoms with E-state index in [1.54, 1.807) is 26.4 Å². The summed E-state index contributed by atoms with van der Waals surface area (Å²) in [6, 6.07) is 6.27. The van der Waals surface area contributed by atoms with Gasteiger partial charge in [-0.1, -0.05) is 0 Å². The second-order valence-electron chi connectivity index (χ2n) is 6.40. The van der Waals surface area contributed by atoms with E-state index in [1.165, 1.54) is 5.92 Å². The first-order chi connectivity index (χ1) is 10.1. The van der Waals surface area contributed by atoms with E-state index >= 15 is 0 Å². The molecule has 0 unspecified atom stereocenters. The molecule has 0 N–H and O–H groups in total. The molecular weight excluding hydrogens is 369 g/mol. The van der Waals surface area contributed by atoms with Crippen LogP contribution < -0.4 is 9.47 Å². The molecule has 0 atom stereocenters. The Balaban J connectivity index is 0. The van der Waals surface area contributed by atoms with E-state index in [0.29, 0.717) is 17.1 Å². The van der Waals surface area contributed by atoms with Crippen LogP contribution in [0.2, 0.25) is 0 Å². The van der Waals surface area contributed by atoms with E-state index in [2.05, 4.69) is 26.8 Å². The standard InChI is InChI=1S/C14H19O4.C4H9.Y/c1-14(2,3)13(15)18-9-10-11(16-4)7-6-8-12(10)17-5;1-4(2)3;/h7-8H,9H2,1-5H3;1-3H3;/q2*-1;. The largest absolute Gasteiger partial charge is 0.554 e. The van der Waals surface area contributed by atoms with Crippen molar-refractivity contribution < 1.29 is 51.7 Å². The minimum absolute atomic E-state index is 0. The van der Waals surface area contributed by atoms with Crippen molar-refractivity contribution in [1.29, 1.82) is 0 Å². The van der Waals surface area contributed by atoms with Crippen molar-refractivity contribution in [3.05, 3.63) is 29.7 Å². The van der Waals surface area contributed by atoms with Gasteiger partial charge >= 0.3 is 5.97 Å². The second-order valence-corrected chi connectivity index (χ2v) is 6.40.